The fourth-order valence-electron chi connectivity index (χ4n) is 7.43. The average molecular weight is 699 g/mol. The van der Waals surface area contributed by atoms with Crippen LogP contribution in [0.25, 0.3) is 32.3 Å². The van der Waals surface area contributed by atoms with Gasteiger partial charge in [-0.25, -0.2) is 4.79 Å². The van der Waals surface area contributed by atoms with E-state index in [0.29, 0.717) is 5.56 Å². The molecule has 51 heavy (non-hydrogen) atoms. The molecule has 0 saturated carbocycles. The van der Waals surface area contributed by atoms with Crippen molar-refractivity contribution in [2.45, 2.75) is 129 Å². The van der Waals surface area contributed by atoms with Gasteiger partial charge in [-0.15, -0.1) is 0 Å². The molecule has 0 aliphatic carbocycles. The van der Waals surface area contributed by atoms with E-state index in [0.717, 1.165) is 32.3 Å². The number of hydrogen-bond acceptors (Lipinski definition) is 5. The molecule has 0 unspecified atom stereocenters. The van der Waals surface area contributed by atoms with Gasteiger partial charge in [0.15, 0.2) is 0 Å². The van der Waals surface area contributed by atoms with Crippen molar-refractivity contribution in [3.63, 3.8) is 0 Å². The lowest BCUT2D eigenvalue weighted by Crippen LogP contribution is -2.70. The zero-order chi connectivity index (χ0) is 37.8. The number of nitrogens with one attached hydrogen (secondary N) is 4. The number of amides is 4. The van der Waals surface area contributed by atoms with Crippen LogP contribution in [0.1, 0.15) is 117 Å². The summed E-state index contributed by atoms with van der Waals surface area (Å²) in [6, 6.07) is 17.9. The summed E-state index contributed by atoms with van der Waals surface area (Å²) in [6.45, 7) is 14.1. The lowest BCUT2D eigenvalue weighted by atomic mass is 9.83. The van der Waals surface area contributed by atoms with Crippen LogP contribution in [0.5, 0.6) is 0 Å². The van der Waals surface area contributed by atoms with Gasteiger partial charge in [-0.3, -0.25) is 19.2 Å². The van der Waals surface area contributed by atoms with Crippen molar-refractivity contribution in [2.75, 3.05) is 0 Å². The second kappa shape index (κ2) is 15.3. The minimum atomic E-state index is -1.48. The summed E-state index contributed by atoms with van der Waals surface area (Å²) < 4.78 is 0. The third-order valence-electron chi connectivity index (χ3n) is 11.7. The van der Waals surface area contributed by atoms with E-state index in [-0.39, 0.29) is 51.4 Å². The van der Waals surface area contributed by atoms with E-state index in [9.17, 15) is 29.1 Å². The average Bonchev–Trinajstić information content (AvgIpc) is 3.15. The van der Waals surface area contributed by atoms with Crippen molar-refractivity contribution in [3.05, 3.63) is 60.2 Å². The number of hydrogen-bond donors (Lipinski definition) is 5. The molecule has 0 radical (unpaired) electrons. The van der Waals surface area contributed by atoms with Gasteiger partial charge in [0.25, 0.3) is 5.91 Å². The normalized spacial score (nSPS) is 12.6. The highest BCUT2D eigenvalue weighted by molar-refractivity contribution is 6.26. The van der Waals surface area contributed by atoms with Crippen LogP contribution in [0.4, 0.5) is 0 Å². The molecular weight excluding hydrogens is 644 g/mol. The molecule has 0 atom stereocenters. The maximum absolute atomic E-state index is 14.4. The van der Waals surface area contributed by atoms with Crippen molar-refractivity contribution < 1.29 is 29.1 Å². The number of rotatable bonds is 17. The number of carbonyl (C=O) groups excluding carboxylic acids is 4. The summed E-state index contributed by atoms with van der Waals surface area (Å²) in [6.07, 6.45) is 1.68. The molecule has 0 aliphatic rings. The van der Waals surface area contributed by atoms with E-state index in [1.54, 1.807) is 47.6 Å². The summed E-state index contributed by atoms with van der Waals surface area (Å²) in [4.78, 5) is 68.9. The Labute approximate surface area is 300 Å². The van der Waals surface area contributed by atoms with E-state index in [1.807, 2.05) is 44.2 Å². The van der Waals surface area contributed by atoms with Crippen LogP contribution in [0.15, 0.2) is 54.6 Å². The van der Waals surface area contributed by atoms with E-state index >= 15 is 0 Å². The van der Waals surface area contributed by atoms with Gasteiger partial charge in [0.2, 0.25) is 17.7 Å². The zero-order valence-electron chi connectivity index (χ0n) is 31.3. The maximum atomic E-state index is 14.4. The monoisotopic (exact) mass is 698 g/mol. The Kier molecular flexibility index (Phi) is 11.7. The minimum Gasteiger partial charge on any atom is -0.480 e. The summed E-state index contributed by atoms with van der Waals surface area (Å²) in [5.74, 6) is -3.17. The number of carboxylic acids is 1. The molecule has 10 heteroatoms. The maximum Gasteiger partial charge on any atom is 0.329 e. The Balaban J connectivity index is 1.65. The SMILES string of the molecule is CCC(CC)(NC(=O)C(CC)(CC)NC(=O)C(CC)(CC)NC(=O)C(CC)(CC)NC(=O)c1ccc2ccc3cccc4ccc1c2c34)C(=O)O. The van der Waals surface area contributed by atoms with Gasteiger partial charge in [0.05, 0.1) is 0 Å². The molecule has 4 aromatic carbocycles. The second-order valence-corrected chi connectivity index (χ2v) is 13.7. The molecule has 0 spiro atoms. The van der Waals surface area contributed by atoms with Crippen LogP contribution in [-0.4, -0.2) is 56.9 Å². The zero-order valence-corrected chi connectivity index (χ0v) is 31.3. The van der Waals surface area contributed by atoms with Crippen LogP contribution in [0.3, 0.4) is 0 Å². The molecular formula is C41H54N4O6. The summed E-state index contributed by atoms with van der Waals surface area (Å²) >= 11 is 0. The van der Waals surface area contributed by atoms with Crippen molar-refractivity contribution in [1.29, 1.82) is 0 Å². The fraction of sp³-hybridized carbons (Fsp3) is 0.488. The topological polar surface area (TPSA) is 154 Å². The number of carbonyl (C=O) groups is 5. The van der Waals surface area contributed by atoms with Crippen LogP contribution >= 0.6 is 0 Å². The third-order valence-corrected chi connectivity index (χ3v) is 11.7. The van der Waals surface area contributed by atoms with Gasteiger partial charge in [-0.05, 0) is 89.8 Å². The first-order chi connectivity index (χ1) is 24.3. The molecule has 10 nitrogen and oxygen atoms in total. The first kappa shape index (κ1) is 39.1. The summed E-state index contributed by atoms with van der Waals surface area (Å²) in [5, 5.41) is 27.8. The van der Waals surface area contributed by atoms with Crippen LogP contribution in [0.2, 0.25) is 0 Å². The Bertz CT molecular complexity index is 1900. The first-order valence-corrected chi connectivity index (χ1v) is 18.5. The fourth-order valence-corrected chi connectivity index (χ4v) is 7.43. The highest BCUT2D eigenvalue weighted by atomic mass is 16.4. The lowest BCUT2D eigenvalue weighted by Gasteiger charge is -2.41. The molecule has 5 N–H and O–H groups in total. The highest BCUT2D eigenvalue weighted by Gasteiger charge is 2.49. The minimum absolute atomic E-state index is 0.169. The van der Waals surface area contributed by atoms with Gasteiger partial charge >= 0.3 is 5.97 Å². The van der Waals surface area contributed by atoms with Crippen LogP contribution in [-0.2, 0) is 19.2 Å². The number of aliphatic carboxylic acids is 1. The van der Waals surface area contributed by atoms with E-state index in [4.69, 9.17) is 0 Å². The van der Waals surface area contributed by atoms with Gasteiger partial charge in [0, 0.05) is 5.56 Å². The van der Waals surface area contributed by atoms with Crippen molar-refractivity contribution in [3.8, 4) is 0 Å². The molecule has 0 saturated heterocycles. The van der Waals surface area contributed by atoms with E-state index < -0.39 is 51.8 Å². The van der Waals surface area contributed by atoms with Gasteiger partial charge in [-0.2, -0.15) is 0 Å². The molecule has 0 aliphatic heterocycles. The number of benzene rings is 4. The molecule has 0 heterocycles. The van der Waals surface area contributed by atoms with Crippen LogP contribution in [0, 0.1) is 0 Å². The molecule has 4 aromatic rings. The second-order valence-electron chi connectivity index (χ2n) is 13.7. The summed E-state index contributed by atoms with van der Waals surface area (Å²) in [7, 11) is 0. The Morgan fingerprint density at radius 3 is 1.24 bits per heavy atom. The highest BCUT2D eigenvalue weighted by Crippen LogP contribution is 2.36. The van der Waals surface area contributed by atoms with Crippen LogP contribution < -0.4 is 21.3 Å². The molecule has 4 rings (SSSR count). The lowest BCUT2D eigenvalue weighted by molar-refractivity contribution is -0.150. The Morgan fingerprint density at radius 1 is 0.471 bits per heavy atom. The molecule has 0 aromatic heterocycles. The molecule has 4 amide bonds. The molecule has 274 valence electrons. The van der Waals surface area contributed by atoms with Crippen molar-refractivity contribution >= 4 is 61.9 Å². The van der Waals surface area contributed by atoms with Gasteiger partial charge < -0.3 is 26.4 Å². The third kappa shape index (κ3) is 6.72. The number of carboxylic acid groups (broad SMARTS) is 1. The Morgan fingerprint density at radius 2 is 0.824 bits per heavy atom. The van der Waals surface area contributed by atoms with E-state index in [1.165, 1.54) is 0 Å². The molecule has 0 fully saturated rings. The largest absolute Gasteiger partial charge is 0.480 e. The van der Waals surface area contributed by atoms with Gasteiger partial charge in [-0.1, -0.05) is 104 Å². The van der Waals surface area contributed by atoms with Gasteiger partial charge in [0.1, 0.15) is 22.2 Å². The smallest absolute Gasteiger partial charge is 0.329 e. The predicted molar refractivity (Wildman–Crippen MR) is 203 cm³/mol. The van der Waals surface area contributed by atoms with Crippen molar-refractivity contribution in [2.24, 2.45) is 0 Å². The predicted octanol–water partition coefficient (Wildman–Crippen LogP) is 6.98. The molecule has 0 bridgehead atoms. The summed E-state index contributed by atoms with van der Waals surface area (Å²) in [5.41, 5.74) is -5.21. The van der Waals surface area contributed by atoms with Crippen molar-refractivity contribution in [1.82, 2.24) is 21.3 Å². The van der Waals surface area contributed by atoms with E-state index in [2.05, 4.69) is 39.5 Å². The first-order valence-electron chi connectivity index (χ1n) is 18.5. The Hall–Kier alpha value is -4.73. The quantitative estimate of drug-likeness (QED) is 0.0750. The standard InChI is InChI=1S/C41H54N4O6/c1-9-38(10-2,42-33(46)30-25-23-28-21-20-26-18-17-19-27-22-24-29(30)32(28)31(26)27)34(47)43-39(11-3,12-4)35(48)44-40(13-5,14-6)36(49)45-41(15-7,16-8)37(50)51/h17-25H,9-16H2,1-8H3,(H,42,46)(H,43,47)(H,44,48)(H,45,49)(H,50,51).